The Kier molecular flexibility index (Phi) is 4.91. The van der Waals surface area contributed by atoms with Crippen molar-refractivity contribution in [3.8, 4) is 0 Å². The van der Waals surface area contributed by atoms with Crippen molar-refractivity contribution in [2.75, 3.05) is 13.2 Å². The van der Waals surface area contributed by atoms with Gasteiger partial charge in [0.1, 0.15) is 18.4 Å². The molecule has 0 rings (SSSR count). The molecule has 0 aliphatic carbocycles. The maximum atomic E-state index is 12.3. The highest BCUT2D eigenvalue weighted by Gasteiger charge is 2.58. The highest BCUT2D eigenvalue weighted by atomic mass is 19.4. The van der Waals surface area contributed by atoms with Crippen LogP contribution in [0.3, 0.4) is 0 Å². The van der Waals surface area contributed by atoms with Crippen LogP contribution in [-0.2, 0) is 4.74 Å². The van der Waals surface area contributed by atoms with Crippen LogP contribution < -0.4 is 5.73 Å². The minimum atomic E-state index is -5.92. The summed E-state index contributed by atoms with van der Waals surface area (Å²) in [7, 11) is 0. The highest BCUT2D eigenvalue weighted by Crippen LogP contribution is 2.36. The second-order valence-corrected chi connectivity index (χ2v) is 3.27. The van der Waals surface area contributed by atoms with Gasteiger partial charge in [-0.1, -0.05) is 0 Å². The maximum Gasteiger partial charge on any atom is 0.455 e. The van der Waals surface area contributed by atoms with E-state index >= 15 is 0 Å². The quantitative estimate of drug-likeness (QED) is 0.463. The molecule has 0 aromatic rings. The minimum absolute atomic E-state index is 1.43. The molecule has 18 heavy (non-hydrogen) atoms. The first-order chi connectivity index (χ1) is 7.79. The number of amidine groups is 1. The monoisotopic (exact) mass is 288 g/mol. The van der Waals surface area contributed by atoms with Crippen molar-refractivity contribution in [1.82, 2.24) is 0 Å². The van der Waals surface area contributed by atoms with Gasteiger partial charge in [-0.3, -0.25) is 5.41 Å². The van der Waals surface area contributed by atoms with Crippen LogP contribution in [0.4, 0.5) is 35.1 Å². The molecule has 0 aromatic heterocycles. The van der Waals surface area contributed by atoms with Gasteiger partial charge >= 0.3 is 18.3 Å². The van der Waals surface area contributed by atoms with Crippen LogP contribution >= 0.6 is 0 Å². The summed E-state index contributed by atoms with van der Waals surface area (Å²) in [6, 6.07) is 0. The molecule has 1 atom stereocenters. The van der Waals surface area contributed by atoms with E-state index in [2.05, 4.69) is 10.5 Å². The molecule has 0 aliphatic heterocycles. The van der Waals surface area contributed by atoms with E-state index in [1.807, 2.05) is 0 Å². The number of halogens is 8. The van der Waals surface area contributed by atoms with E-state index in [-0.39, 0.29) is 0 Å². The van der Waals surface area contributed by atoms with Crippen LogP contribution in [0, 0.1) is 11.3 Å². The van der Waals surface area contributed by atoms with E-state index in [1.165, 1.54) is 0 Å². The summed E-state index contributed by atoms with van der Waals surface area (Å²) in [6.45, 7) is -3.85. The Hall–Kier alpha value is -1.13. The van der Waals surface area contributed by atoms with Crippen LogP contribution in [0.1, 0.15) is 0 Å². The van der Waals surface area contributed by atoms with Gasteiger partial charge in [0.2, 0.25) is 0 Å². The standard InChI is InChI=1S/C7H8F8N2O/c8-5(9,7(13,14)15)2-18-1-3(4(16)17)6(10,11)12/h3H,1-2H2,(H3,16,17). The molecule has 1 unspecified atom stereocenters. The molecule has 108 valence electrons. The second-order valence-electron chi connectivity index (χ2n) is 3.27. The second kappa shape index (κ2) is 5.24. The molecule has 0 radical (unpaired) electrons. The molecule has 0 saturated carbocycles. The van der Waals surface area contributed by atoms with Crippen LogP contribution in [0.5, 0.6) is 0 Å². The fourth-order valence-corrected chi connectivity index (χ4v) is 0.747. The van der Waals surface area contributed by atoms with E-state index < -0.39 is 43.2 Å². The third-order valence-electron chi connectivity index (χ3n) is 1.75. The van der Waals surface area contributed by atoms with E-state index in [0.29, 0.717) is 0 Å². The Morgan fingerprint density at radius 3 is 1.78 bits per heavy atom. The Balaban J connectivity index is 4.46. The molecule has 0 saturated heterocycles. The number of hydrogen-bond donors (Lipinski definition) is 2. The van der Waals surface area contributed by atoms with Crippen LogP contribution in [0.2, 0.25) is 0 Å². The smallest absolute Gasteiger partial charge is 0.387 e. The zero-order valence-corrected chi connectivity index (χ0v) is 8.50. The zero-order valence-electron chi connectivity index (χ0n) is 8.50. The lowest BCUT2D eigenvalue weighted by Gasteiger charge is -2.22. The summed E-state index contributed by atoms with van der Waals surface area (Å²) < 4.78 is 99.4. The number of nitrogens with two attached hydrogens (primary N) is 1. The van der Waals surface area contributed by atoms with Crippen LogP contribution in [-0.4, -0.2) is 37.3 Å². The van der Waals surface area contributed by atoms with E-state index in [0.717, 1.165) is 0 Å². The summed E-state index contributed by atoms with van der Waals surface area (Å²) in [5.41, 5.74) is 4.53. The van der Waals surface area contributed by atoms with Crippen molar-refractivity contribution in [2.45, 2.75) is 18.3 Å². The van der Waals surface area contributed by atoms with Gasteiger partial charge in [-0.15, -0.1) is 0 Å². The highest BCUT2D eigenvalue weighted by molar-refractivity contribution is 5.80. The molecule has 0 aromatic carbocycles. The average molecular weight is 288 g/mol. The van der Waals surface area contributed by atoms with Gasteiger partial charge in [0.15, 0.2) is 0 Å². The van der Waals surface area contributed by atoms with Gasteiger partial charge in [0.25, 0.3) is 0 Å². The van der Waals surface area contributed by atoms with Crippen molar-refractivity contribution >= 4 is 5.84 Å². The van der Waals surface area contributed by atoms with Gasteiger partial charge < -0.3 is 10.5 Å². The molecule has 0 bridgehead atoms. The maximum absolute atomic E-state index is 12.3. The first-order valence-corrected chi connectivity index (χ1v) is 4.22. The Morgan fingerprint density at radius 1 is 1.06 bits per heavy atom. The molecular formula is C7H8F8N2O. The van der Waals surface area contributed by atoms with Gasteiger partial charge in [-0.25, -0.2) is 0 Å². The van der Waals surface area contributed by atoms with Gasteiger partial charge in [-0.05, 0) is 0 Å². The Labute approximate surface area is 95.4 Å². The Bertz CT molecular complexity index is 297. The first kappa shape index (κ1) is 16.9. The molecule has 0 fully saturated rings. The average Bonchev–Trinajstić information content (AvgIpc) is 2.07. The van der Waals surface area contributed by atoms with Crippen molar-refractivity contribution < 1.29 is 39.9 Å². The van der Waals surface area contributed by atoms with Gasteiger partial charge in [0, 0.05) is 0 Å². The topological polar surface area (TPSA) is 59.1 Å². The van der Waals surface area contributed by atoms with Gasteiger partial charge in [0.05, 0.1) is 6.61 Å². The predicted octanol–water partition coefficient (Wildman–Crippen LogP) is 2.32. The molecule has 11 heteroatoms. The third-order valence-corrected chi connectivity index (χ3v) is 1.75. The van der Waals surface area contributed by atoms with E-state index in [4.69, 9.17) is 5.41 Å². The SMILES string of the molecule is N=C(N)C(COCC(F)(F)C(F)(F)F)C(F)(F)F. The summed E-state index contributed by atoms with van der Waals surface area (Å²) >= 11 is 0. The molecule has 0 amide bonds. The summed E-state index contributed by atoms with van der Waals surface area (Å²) in [4.78, 5) is 0. The summed E-state index contributed by atoms with van der Waals surface area (Å²) in [5, 5.41) is 6.53. The van der Waals surface area contributed by atoms with Crippen molar-refractivity contribution in [2.24, 2.45) is 11.7 Å². The van der Waals surface area contributed by atoms with E-state index in [1.54, 1.807) is 0 Å². The lowest BCUT2D eigenvalue weighted by molar-refractivity contribution is -0.298. The Morgan fingerprint density at radius 2 is 1.50 bits per heavy atom. The summed E-state index contributed by atoms with van der Waals surface area (Å²) in [5.74, 6) is -9.42. The fourth-order valence-electron chi connectivity index (χ4n) is 0.747. The number of hydrogen-bond acceptors (Lipinski definition) is 2. The van der Waals surface area contributed by atoms with Crippen LogP contribution in [0.15, 0.2) is 0 Å². The minimum Gasteiger partial charge on any atom is -0.387 e. The number of alkyl halides is 8. The lowest BCUT2D eigenvalue weighted by Crippen LogP contribution is -2.43. The van der Waals surface area contributed by atoms with E-state index in [9.17, 15) is 35.1 Å². The molecule has 0 spiro atoms. The zero-order chi connectivity index (χ0) is 14.8. The van der Waals surface area contributed by atoms with Crippen molar-refractivity contribution in [3.63, 3.8) is 0 Å². The number of rotatable bonds is 5. The molecule has 0 heterocycles. The third kappa shape index (κ3) is 4.63. The number of nitrogens with one attached hydrogen (secondary N) is 1. The predicted molar refractivity (Wildman–Crippen MR) is 43.3 cm³/mol. The normalized spacial score (nSPS) is 15.6. The molecule has 3 nitrogen and oxygen atoms in total. The largest absolute Gasteiger partial charge is 0.455 e. The molecule has 3 N–H and O–H groups in total. The summed E-state index contributed by atoms with van der Waals surface area (Å²) in [6.07, 6.45) is -11.0. The number of ether oxygens (including phenoxy) is 1. The molecule has 0 aliphatic rings. The first-order valence-electron chi connectivity index (χ1n) is 4.22. The lowest BCUT2D eigenvalue weighted by atomic mass is 10.1. The molecular weight excluding hydrogens is 280 g/mol. The van der Waals surface area contributed by atoms with Crippen molar-refractivity contribution in [3.05, 3.63) is 0 Å². The van der Waals surface area contributed by atoms with Gasteiger partial charge in [-0.2, -0.15) is 35.1 Å². The fraction of sp³-hybridized carbons (Fsp3) is 0.857. The van der Waals surface area contributed by atoms with Crippen LogP contribution in [0.25, 0.3) is 0 Å². The van der Waals surface area contributed by atoms with Crippen molar-refractivity contribution in [1.29, 1.82) is 5.41 Å².